The van der Waals surface area contributed by atoms with Gasteiger partial charge < -0.3 is 14.0 Å². The maximum atomic E-state index is 7.77. The van der Waals surface area contributed by atoms with Gasteiger partial charge in [-0.05, 0) is 83.2 Å². The largest absolute Gasteiger partial charge is 0.453 e. The number of benzene rings is 6. The molecule has 1 aliphatic carbocycles. The highest BCUT2D eigenvalue weighted by atomic mass is 16.5. The third-order valence-electron chi connectivity index (χ3n) is 11.3. The Labute approximate surface area is 315 Å². The lowest BCUT2D eigenvalue weighted by Crippen LogP contribution is -2.33. The van der Waals surface area contributed by atoms with Gasteiger partial charge in [0.25, 0.3) is 0 Å². The van der Waals surface area contributed by atoms with Crippen LogP contribution in [0.4, 0.5) is 22.7 Å². The van der Waals surface area contributed by atoms with Crippen molar-refractivity contribution in [1.29, 1.82) is 0 Å². The molecule has 0 atom stereocenters. The van der Waals surface area contributed by atoms with E-state index in [9.17, 15) is 0 Å². The number of hydrogen-bond acceptors (Lipinski definition) is 5. The fourth-order valence-electron chi connectivity index (χ4n) is 9.23. The van der Waals surface area contributed by atoms with Gasteiger partial charge in [0.2, 0.25) is 0 Å². The summed E-state index contributed by atoms with van der Waals surface area (Å²) in [5, 5.41) is 2.08. The van der Waals surface area contributed by atoms with Crippen molar-refractivity contribution in [2.75, 3.05) is 4.90 Å². The highest BCUT2D eigenvalue weighted by molar-refractivity contribution is 6.10. The summed E-state index contributed by atoms with van der Waals surface area (Å²) < 4.78 is 16.3. The van der Waals surface area contributed by atoms with Gasteiger partial charge in [0.1, 0.15) is 0 Å². The molecule has 0 N–H and O–H groups in total. The number of hydrogen-bond donors (Lipinski definition) is 0. The van der Waals surface area contributed by atoms with Gasteiger partial charge in [-0.3, -0.25) is 14.9 Å². The van der Waals surface area contributed by atoms with E-state index in [4.69, 9.17) is 26.0 Å². The zero-order valence-corrected chi connectivity index (χ0v) is 29.1. The van der Waals surface area contributed by atoms with Crippen molar-refractivity contribution < 1.29 is 9.47 Å². The smallest absolute Gasteiger partial charge is 0.188 e. The normalized spacial score (nSPS) is 13.8. The van der Waals surface area contributed by atoms with Gasteiger partial charge in [0.05, 0.1) is 57.2 Å². The van der Waals surface area contributed by atoms with Crippen molar-refractivity contribution in [1.82, 2.24) is 14.5 Å². The van der Waals surface area contributed by atoms with Gasteiger partial charge in [0.15, 0.2) is 28.7 Å². The van der Waals surface area contributed by atoms with Crippen LogP contribution in [0.5, 0.6) is 23.0 Å². The summed E-state index contributed by atoms with van der Waals surface area (Å²) in [6.45, 7) is 7.77. The van der Waals surface area contributed by atoms with Gasteiger partial charge in [-0.15, -0.1) is 0 Å². The minimum Gasteiger partial charge on any atom is -0.453 e. The number of aromatic nitrogens is 3. The number of nitrogens with zero attached hydrogens (tertiary/aromatic N) is 5. The zero-order valence-electron chi connectivity index (χ0n) is 29.1. The lowest BCUT2D eigenvalue weighted by atomic mass is 9.66. The summed E-state index contributed by atoms with van der Waals surface area (Å²) in [6.07, 6.45) is 3.70. The average molecular weight is 706 g/mol. The minimum absolute atomic E-state index is 0.601. The highest BCUT2D eigenvalue weighted by Gasteiger charge is 2.53. The predicted octanol–water partition coefficient (Wildman–Crippen LogP) is 12.2. The minimum atomic E-state index is -0.816. The first-order chi connectivity index (χ1) is 27.3. The molecule has 2 aliphatic heterocycles. The number of para-hydroxylation sites is 7. The molecule has 0 unspecified atom stereocenters. The van der Waals surface area contributed by atoms with Crippen molar-refractivity contribution in [2.24, 2.45) is 0 Å². The van der Waals surface area contributed by atoms with Gasteiger partial charge in [-0.1, -0.05) is 84.9 Å². The maximum absolute atomic E-state index is 7.77. The third-order valence-corrected chi connectivity index (χ3v) is 11.3. The van der Waals surface area contributed by atoms with Gasteiger partial charge in [-0.25, -0.2) is 4.85 Å². The number of rotatable bonds is 2. The zero-order chi connectivity index (χ0) is 36.3. The molecular formula is C48H27N5O2. The molecule has 12 rings (SSSR count). The van der Waals surface area contributed by atoms with E-state index in [-0.39, 0.29) is 0 Å². The molecule has 3 aromatic heterocycles. The van der Waals surface area contributed by atoms with E-state index in [1.807, 2.05) is 73.1 Å². The Kier molecular flexibility index (Phi) is 5.92. The van der Waals surface area contributed by atoms with E-state index < -0.39 is 5.41 Å². The van der Waals surface area contributed by atoms with Crippen molar-refractivity contribution >= 4 is 44.6 Å². The first kappa shape index (κ1) is 29.8. The molecule has 256 valence electrons. The summed E-state index contributed by atoms with van der Waals surface area (Å²) in [5.74, 6) is 3.00. The Balaban J connectivity index is 1.23. The summed E-state index contributed by atoms with van der Waals surface area (Å²) in [4.78, 5) is 16.0. The second kappa shape index (κ2) is 10.9. The van der Waals surface area contributed by atoms with Crippen LogP contribution in [-0.4, -0.2) is 14.5 Å². The molecule has 5 heterocycles. The van der Waals surface area contributed by atoms with E-state index in [0.29, 0.717) is 5.69 Å². The third kappa shape index (κ3) is 3.82. The van der Waals surface area contributed by atoms with Crippen LogP contribution in [-0.2, 0) is 5.41 Å². The number of pyridine rings is 2. The fourth-order valence-corrected chi connectivity index (χ4v) is 9.23. The molecule has 0 radical (unpaired) electrons. The Morgan fingerprint density at radius 1 is 0.491 bits per heavy atom. The molecule has 0 saturated heterocycles. The van der Waals surface area contributed by atoms with E-state index in [1.54, 1.807) is 0 Å². The molecule has 9 aromatic rings. The van der Waals surface area contributed by atoms with E-state index in [2.05, 4.69) is 105 Å². The van der Waals surface area contributed by atoms with Crippen LogP contribution in [0.1, 0.15) is 22.3 Å². The van der Waals surface area contributed by atoms with Crippen LogP contribution in [0.3, 0.4) is 0 Å². The SMILES string of the molecule is [C-]#[N+]c1ccc2c(c1)c1ccccc1n2-c1cccc2c1Oc1c(N3c4ccccc4Oc4ccccc43)cccc1C21c2cccnc2-c2ncccc21. The van der Waals surface area contributed by atoms with Crippen LogP contribution < -0.4 is 14.4 Å². The monoisotopic (exact) mass is 705 g/mol. The Morgan fingerprint density at radius 3 is 1.75 bits per heavy atom. The molecular weight excluding hydrogens is 679 g/mol. The molecule has 0 fully saturated rings. The number of ether oxygens (including phenoxy) is 2. The molecule has 55 heavy (non-hydrogen) atoms. The standard InChI is InChI=1S/C48H27N5O2/c1-49-29-24-25-37-31(28-29)30-12-2-3-17-36(30)52(37)40-20-8-13-34-46(40)55-47-35(48(34)32-15-10-26-50-44(32)45-33(48)16-11-27-51-45)14-9-21-41(47)53-38-18-4-6-22-42(38)54-43-23-7-5-19-39(43)53/h2-28H. The van der Waals surface area contributed by atoms with E-state index in [0.717, 1.165) is 101 Å². The summed E-state index contributed by atoms with van der Waals surface area (Å²) in [7, 11) is 0. The van der Waals surface area contributed by atoms with Crippen molar-refractivity contribution in [2.45, 2.75) is 5.41 Å². The van der Waals surface area contributed by atoms with Crippen LogP contribution in [0.15, 0.2) is 164 Å². The van der Waals surface area contributed by atoms with Crippen LogP contribution in [0.25, 0.3) is 43.7 Å². The molecule has 0 bridgehead atoms. The van der Waals surface area contributed by atoms with Crippen LogP contribution >= 0.6 is 0 Å². The Morgan fingerprint density at radius 2 is 1.05 bits per heavy atom. The second-order valence-electron chi connectivity index (χ2n) is 14.0. The predicted molar refractivity (Wildman–Crippen MR) is 215 cm³/mol. The van der Waals surface area contributed by atoms with Crippen LogP contribution in [0, 0.1) is 6.57 Å². The highest BCUT2D eigenvalue weighted by Crippen LogP contribution is 2.65. The number of anilines is 3. The average Bonchev–Trinajstić information content (AvgIpc) is 3.73. The molecule has 7 heteroatoms. The first-order valence-electron chi connectivity index (χ1n) is 18.2. The Bertz CT molecular complexity index is 3070. The van der Waals surface area contributed by atoms with Crippen molar-refractivity contribution in [3.8, 4) is 40.1 Å². The molecule has 3 aliphatic rings. The van der Waals surface area contributed by atoms with Crippen LogP contribution in [0.2, 0.25) is 0 Å². The summed E-state index contributed by atoms with van der Waals surface area (Å²) >= 11 is 0. The number of fused-ring (bicyclic) bond motifs is 14. The van der Waals surface area contributed by atoms with Gasteiger partial charge in [-0.2, -0.15) is 0 Å². The van der Waals surface area contributed by atoms with Gasteiger partial charge >= 0.3 is 0 Å². The van der Waals surface area contributed by atoms with Crippen molar-refractivity contribution in [3.63, 3.8) is 0 Å². The maximum Gasteiger partial charge on any atom is 0.188 e. The molecule has 6 aromatic carbocycles. The lowest BCUT2D eigenvalue weighted by molar-refractivity contribution is 0.434. The molecule has 0 saturated carbocycles. The molecule has 1 spiro atoms. The topological polar surface area (TPSA) is 56.8 Å². The first-order valence-corrected chi connectivity index (χ1v) is 18.2. The van der Waals surface area contributed by atoms with E-state index in [1.165, 1.54) is 0 Å². The fraction of sp³-hybridized carbons (Fsp3) is 0.0208. The summed E-state index contributed by atoms with van der Waals surface area (Å²) in [5.41, 5.74) is 11.2. The van der Waals surface area contributed by atoms with Gasteiger partial charge in [0, 0.05) is 28.9 Å². The lowest BCUT2D eigenvalue weighted by Gasteiger charge is -2.42. The van der Waals surface area contributed by atoms with Crippen molar-refractivity contribution in [3.05, 3.63) is 198 Å². The summed E-state index contributed by atoms with van der Waals surface area (Å²) in [6, 6.07) is 51.9. The van der Waals surface area contributed by atoms with E-state index >= 15 is 0 Å². The Hall–Kier alpha value is -7.69. The quantitative estimate of drug-likeness (QED) is 0.168. The molecule has 7 nitrogen and oxygen atoms in total. The second-order valence-corrected chi connectivity index (χ2v) is 14.0. The molecule has 0 amide bonds.